The van der Waals surface area contributed by atoms with Crippen LogP contribution in [0, 0.1) is 25.6 Å². The summed E-state index contributed by atoms with van der Waals surface area (Å²) in [5, 5.41) is 8.73. The van der Waals surface area contributed by atoms with Crippen LogP contribution in [0.3, 0.4) is 0 Å². The Morgan fingerprint density at radius 1 is 1.02 bits per heavy atom. The molecule has 15 nitrogen and oxygen atoms in total. The number of thiazole rings is 1. The lowest BCUT2D eigenvalue weighted by molar-refractivity contribution is -0.136. The number of rotatable bonds is 9. The summed E-state index contributed by atoms with van der Waals surface area (Å²) in [6.07, 6.45) is 1.64. The summed E-state index contributed by atoms with van der Waals surface area (Å²) in [7, 11) is 0. The summed E-state index contributed by atoms with van der Waals surface area (Å²) in [5.41, 5.74) is -1.19. The molecule has 2 aromatic heterocycles. The van der Waals surface area contributed by atoms with Gasteiger partial charge in [0, 0.05) is 63.6 Å². The van der Waals surface area contributed by atoms with Crippen molar-refractivity contribution in [1.29, 1.82) is 0 Å². The third-order valence-corrected chi connectivity index (χ3v) is 11.2. The highest BCUT2D eigenvalue weighted by atomic mass is 35.5. The van der Waals surface area contributed by atoms with Crippen molar-refractivity contribution in [3.05, 3.63) is 80.8 Å². The first-order valence-electron chi connectivity index (χ1n) is 22.0. The van der Waals surface area contributed by atoms with Crippen LogP contribution in [0.2, 0.25) is 5.02 Å². The van der Waals surface area contributed by atoms with Crippen molar-refractivity contribution >= 4 is 80.6 Å². The number of aryl methyl sites for hydroxylation is 2. The maximum atomic E-state index is 16.6. The minimum atomic E-state index is -3.49. The van der Waals surface area contributed by atoms with Crippen LogP contribution in [-0.4, -0.2) is 106 Å². The average molecular weight is 823 g/mol. The fourth-order valence-electron chi connectivity index (χ4n) is 7.06. The minimum absolute atomic E-state index is 0.00690. The molecule has 296 valence electrons. The van der Waals surface area contributed by atoms with E-state index in [1.807, 2.05) is 23.2 Å². The number of aromatic nitrogens is 3. The lowest BCUT2D eigenvalue weighted by Crippen LogP contribution is -2.54. The van der Waals surface area contributed by atoms with Crippen LogP contribution in [0.25, 0.3) is 0 Å². The topological polar surface area (TPSA) is 173 Å². The van der Waals surface area contributed by atoms with Crippen LogP contribution in [0.1, 0.15) is 78.4 Å². The van der Waals surface area contributed by atoms with E-state index in [0.717, 1.165) is 29.0 Å². The highest BCUT2D eigenvalue weighted by Gasteiger charge is 2.46. The van der Waals surface area contributed by atoms with E-state index in [1.54, 1.807) is 25.1 Å². The Hall–Kier alpha value is -5.52. The van der Waals surface area contributed by atoms with Gasteiger partial charge in [-0.1, -0.05) is 35.1 Å². The maximum absolute atomic E-state index is 16.6. The molecule has 57 heavy (non-hydrogen) atoms. The molecule has 6 heterocycles. The number of nitrogens with one attached hydrogen (secondary N) is 3. The average Bonchev–Trinajstić information content (AvgIpc) is 3.80. The van der Waals surface area contributed by atoms with Gasteiger partial charge in [-0.25, -0.2) is 19.3 Å². The SMILES string of the molecule is [2H]C1([2H])N(CC2CCN(c3cc(Nc4ncc(C(=O)Nc5c(C)cccc5Cl)s4)nc(C)n3)CC2)C([2H])([2H])C([2H])([2H])N(c2ccc3c(c2F)C(=O)N(C2CCC(=O)NC2=O)C3=O)C1([2H])[2H]. The molecular formula is C39H40ClFN10O5S. The van der Waals surface area contributed by atoms with Gasteiger partial charge in [0.05, 0.1) is 39.2 Å². The Morgan fingerprint density at radius 3 is 2.53 bits per heavy atom. The number of amides is 5. The van der Waals surface area contributed by atoms with Crippen molar-refractivity contribution in [2.45, 2.75) is 45.6 Å². The summed E-state index contributed by atoms with van der Waals surface area (Å²) in [4.78, 5) is 80.7. The van der Waals surface area contributed by atoms with E-state index in [0.29, 0.717) is 73.9 Å². The second-order valence-corrected chi connectivity index (χ2v) is 15.2. The number of hydrogen-bond acceptors (Lipinski definition) is 13. The molecule has 4 aliphatic heterocycles. The molecular weight excluding hydrogens is 775 g/mol. The summed E-state index contributed by atoms with van der Waals surface area (Å²) in [5.74, 6) is -5.11. The predicted molar refractivity (Wildman–Crippen MR) is 213 cm³/mol. The molecule has 0 bridgehead atoms. The Labute approximate surface area is 347 Å². The van der Waals surface area contributed by atoms with E-state index in [1.165, 1.54) is 6.20 Å². The number of imide groups is 2. The number of halogens is 2. The normalized spacial score (nSPS) is 24.8. The van der Waals surface area contributed by atoms with Gasteiger partial charge in [-0.2, -0.15) is 0 Å². The van der Waals surface area contributed by atoms with Crippen LogP contribution in [0.5, 0.6) is 0 Å². The Kier molecular flexibility index (Phi) is 8.22. The smallest absolute Gasteiger partial charge is 0.267 e. The van der Waals surface area contributed by atoms with Gasteiger partial charge in [0.1, 0.15) is 28.4 Å². The van der Waals surface area contributed by atoms with E-state index >= 15 is 4.39 Å². The summed E-state index contributed by atoms with van der Waals surface area (Å²) < 4.78 is 88.5. The van der Waals surface area contributed by atoms with Gasteiger partial charge < -0.3 is 20.4 Å². The number of anilines is 5. The number of piperidine rings is 2. The van der Waals surface area contributed by atoms with Gasteiger partial charge >= 0.3 is 0 Å². The van der Waals surface area contributed by atoms with Gasteiger partial charge in [-0.3, -0.25) is 39.1 Å². The van der Waals surface area contributed by atoms with Crippen LogP contribution in [0.4, 0.5) is 32.5 Å². The molecule has 3 saturated heterocycles. The monoisotopic (exact) mass is 822 g/mol. The van der Waals surface area contributed by atoms with Gasteiger partial charge in [-0.15, -0.1) is 0 Å². The molecule has 2 aromatic carbocycles. The number of fused-ring (bicyclic) bond motifs is 1. The molecule has 4 aromatic rings. The Morgan fingerprint density at radius 2 is 1.79 bits per heavy atom. The van der Waals surface area contributed by atoms with Crippen LogP contribution < -0.4 is 25.8 Å². The van der Waals surface area contributed by atoms with Crippen molar-refractivity contribution in [3.63, 3.8) is 0 Å². The Balaban J connectivity index is 0.960. The maximum Gasteiger partial charge on any atom is 0.267 e. The van der Waals surface area contributed by atoms with Crippen LogP contribution >= 0.6 is 22.9 Å². The first-order valence-corrected chi connectivity index (χ1v) is 19.2. The summed E-state index contributed by atoms with van der Waals surface area (Å²) >= 11 is 7.38. The number of piperazine rings is 1. The van der Waals surface area contributed by atoms with E-state index in [4.69, 9.17) is 22.6 Å². The lowest BCUT2D eigenvalue weighted by Gasteiger charge is -2.40. The largest absolute Gasteiger partial charge is 0.367 e. The summed E-state index contributed by atoms with van der Waals surface area (Å²) in [6.45, 7) is -9.86. The molecule has 0 saturated carbocycles. The van der Waals surface area contributed by atoms with Crippen molar-refractivity contribution in [1.82, 2.24) is 30.1 Å². The van der Waals surface area contributed by atoms with E-state index in [-0.39, 0.29) is 17.7 Å². The standard InChI is InChI=1S/C39H40ClFN10O5S/c1-21-4-3-5-25(40)34(21)47-36(54)28-19-42-39(57-28)45-29-18-30(44-22(2)43-29)50-12-10-23(11-13-50)20-48-14-16-49(17-15-48)26-7-6-24-32(33(26)41)38(56)51(37(24)55)27-8-9-31(52)46-35(27)53/h3-7,18-19,23,27H,8-17,20H2,1-2H3,(H,47,54)(H,46,52,53)(H,42,43,44,45)/i14D2,15D2,16D2,17D2. The zero-order valence-corrected chi connectivity index (χ0v) is 32.1. The fraction of sp³-hybridized carbons (Fsp3) is 0.385. The summed E-state index contributed by atoms with van der Waals surface area (Å²) in [6, 6.07) is 7.19. The molecule has 0 aliphatic carbocycles. The van der Waals surface area contributed by atoms with Crippen LogP contribution in [0.15, 0.2) is 42.6 Å². The molecule has 3 fully saturated rings. The predicted octanol–water partition coefficient (Wildman–Crippen LogP) is 4.78. The quantitative estimate of drug-likeness (QED) is 0.198. The second-order valence-electron chi connectivity index (χ2n) is 13.8. The van der Waals surface area contributed by atoms with Gasteiger partial charge in [0.2, 0.25) is 11.8 Å². The number of para-hydroxylation sites is 1. The van der Waals surface area contributed by atoms with Gasteiger partial charge in [0.15, 0.2) is 10.9 Å². The number of hydrogen-bond donors (Lipinski definition) is 3. The first-order chi connectivity index (χ1) is 30.4. The molecule has 0 radical (unpaired) electrons. The molecule has 1 unspecified atom stereocenters. The lowest BCUT2D eigenvalue weighted by atomic mass is 9.96. The number of benzene rings is 2. The second kappa shape index (κ2) is 15.8. The number of carbonyl (C=O) groups excluding carboxylic acids is 5. The molecule has 18 heteroatoms. The van der Waals surface area contributed by atoms with Crippen LogP contribution in [-0.2, 0) is 9.59 Å². The van der Waals surface area contributed by atoms with E-state index < -0.39 is 96.7 Å². The molecule has 4 aliphatic rings. The highest BCUT2D eigenvalue weighted by Crippen LogP contribution is 2.35. The molecule has 8 rings (SSSR count). The van der Waals surface area contributed by atoms with Crippen molar-refractivity contribution < 1.29 is 39.3 Å². The number of carbonyl (C=O) groups is 5. The fourth-order valence-corrected chi connectivity index (χ4v) is 8.05. The van der Waals surface area contributed by atoms with Crippen molar-refractivity contribution in [2.75, 3.05) is 66.1 Å². The first kappa shape index (κ1) is 29.7. The van der Waals surface area contributed by atoms with Crippen molar-refractivity contribution in [3.8, 4) is 0 Å². The molecule has 3 N–H and O–H groups in total. The van der Waals surface area contributed by atoms with Gasteiger partial charge in [0.25, 0.3) is 17.7 Å². The minimum Gasteiger partial charge on any atom is -0.367 e. The van der Waals surface area contributed by atoms with E-state index in [2.05, 4.69) is 25.6 Å². The number of nitrogens with zero attached hydrogens (tertiary/aromatic N) is 7. The Bertz CT molecular complexity index is 2620. The van der Waals surface area contributed by atoms with E-state index in [9.17, 15) is 24.0 Å². The van der Waals surface area contributed by atoms with Crippen molar-refractivity contribution in [2.24, 2.45) is 5.92 Å². The molecule has 5 amide bonds. The third-order valence-electron chi connectivity index (χ3n) is 9.99. The third kappa shape index (κ3) is 7.78. The zero-order valence-electron chi connectivity index (χ0n) is 38.5. The highest BCUT2D eigenvalue weighted by molar-refractivity contribution is 7.17. The molecule has 1 atom stereocenters. The van der Waals surface area contributed by atoms with Gasteiger partial charge in [-0.05, 0) is 62.8 Å². The molecule has 0 spiro atoms. The zero-order chi connectivity index (χ0) is 47.1.